The van der Waals surface area contributed by atoms with Crippen molar-refractivity contribution in [1.29, 1.82) is 0 Å². The van der Waals surface area contributed by atoms with Gasteiger partial charge >= 0.3 is 0 Å². The fourth-order valence-electron chi connectivity index (χ4n) is 1.83. The van der Waals surface area contributed by atoms with Crippen molar-refractivity contribution in [3.8, 4) is 11.4 Å². The molecule has 3 nitrogen and oxygen atoms in total. The van der Waals surface area contributed by atoms with Crippen molar-refractivity contribution in [3.05, 3.63) is 45.7 Å². The first-order valence-electron chi connectivity index (χ1n) is 6.01. The maximum absolute atomic E-state index is 6.02. The standard InChI is InChI=1S/C14H15Cl2N3/c1-8(17)5-11-6-9(2)18-14(19-11)10-3-4-12(15)13(16)7-10/h3-4,6-8H,5,17H2,1-2H3. The summed E-state index contributed by atoms with van der Waals surface area (Å²) < 4.78 is 0. The third kappa shape index (κ3) is 3.66. The number of rotatable bonds is 3. The van der Waals surface area contributed by atoms with Gasteiger partial charge in [-0.15, -0.1) is 0 Å². The monoisotopic (exact) mass is 295 g/mol. The van der Waals surface area contributed by atoms with E-state index in [1.165, 1.54) is 0 Å². The lowest BCUT2D eigenvalue weighted by Crippen LogP contribution is -2.19. The van der Waals surface area contributed by atoms with Crippen LogP contribution in [0.5, 0.6) is 0 Å². The molecule has 0 saturated heterocycles. The van der Waals surface area contributed by atoms with Crippen molar-refractivity contribution in [2.45, 2.75) is 26.3 Å². The van der Waals surface area contributed by atoms with E-state index in [1.54, 1.807) is 12.1 Å². The maximum Gasteiger partial charge on any atom is 0.159 e. The van der Waals surface area contributed by atoms with Crippen molar-refractivity contribution < 1.29 is 0 Å². The molecule has 5 heteroatoms. The van der Waals surface area contributed by atoms with Gasteiger partial charge < -0.3 is 5.73 Å². The Morgan fingerprint density at radius 3 is 2.53 bits per heavy atom. The average molecular weight is 296 g/mol. The van der Waals surface area contributed by atoms with Crippen molar-refractivity contribution in [1.82, 2.24) is 9.97 Å². The summed E-state index contributed by atoms with van der Waals surface area (Å²) in [6, 6.07) is 7.39. The van der Waals surface area contributed by atoms with Gasteiger partial charge in [0.1, 0.15) is 0 Å². The number of hydrogen-bond acceptors (Lipinski definition) is 3. The summed E-state index contributed by atoms with van der Waals surface area (Å²) in [5.74, 6) is 0.647. The van der Waals surface area contributed by atoms with Gasteiger partial charge in [0.05, 0.1) is 10.0 Å². The van der Waals surface area contributed by atoms with Crippen LogP contribution in [-0.4, -0.2) is 16.0 Å². The Bertz CT molecular complexity index is 597. The van der Waals surface area contributed by atoms with Crippen LogP contribution in [0.15, 0.2) is 24.3 Å². The van der Waals surface area contributed by atoms with E-state index in [4.69, 9.17) is 28.9 Å². The lowest BCUT2D eigenvalue weighted by Gasteiger charge is -2.08. The van der Waals surface area contributed by atoms with Crippen LogP contribution in [0.25, 0.3) is 11.4 Å². The molecule has 0 bridgehead atoms. The summed E-state index contributed by atoms with van der Waals surface area (Å²) in [6.07, 6.45) is 0.720. The molecule has 100 valence electrons. The van der Waals surface area contributed by atoms with Gasteiger partial charge in [0.15, 0.2) is 5.82 Å². The number of aromatic nitrogens is 2. The molecule has 19 heavy (non-hydrogen) atoms. The van der Waals surface area contributed by atoms with Crippen LogP contribution in [0.1, 0.15) is 18.3 Å². The van der Waals surface area contributed by atoms with E-state index in [1.807, 2.05) is 26.0 Å². The van der Waals surface area contributed by atoms with E-state index < -0.39 is 0 Å². The quantitative estimate of drug-likeness (QED) is 0.940. The second-order valence-electron chi connectivity index (χ2n) is 4.63. The van der Waals surface area contributed by atoms with Crippen LogP contribution in [0, 0.1) is 6.92 Å². The minimum atomic E-state index is 0.0657. The molecule has 0 aliphatic heterocycles. The number of halogens is 2. The number of nitrogens with zero attached hydrogens (tertiary/aromatic N) is 2. The second-order valence-corrected chi connectivity index (χ2v) is 5.45. The Morgan fingerprint density at radius 1 is 1.16 bits per heavy atom. The van der Waals surface area contributed by atoms with E-state index in [0.29, 0.717) is 15.9 Å². The van der Waals surface area contributed by atoms with Gasteiger partial charge in [-0.1, -0.05) is 23.2 Å². The summed E-state index contributed by atoms with van der Waals surface area (Å²) in [6.45, 7) is 3.89. The first-order valence-corrected chi connectivity index (χ1v) is 6.77. The molecular weight excluding hydrogens is 281 g/mol. The fraction of sp³-hybridized carbons (Fsp3) is 0.286. The summed E-state index contributed by atoms with van der Waals surface area (Å²) in [7, 11) is 0. The summed E-state index contributed by atoms with van der Waals surface area (Å²) >= 11 is 11.9. The number of hydrogen-bond donors (Lipinski definition) is 1. The summed E-state index contributed by atoms with van der Waals surface area (Å²) in [5, 5.41) is 1.02. The van der Waals surface area contributed by atoms with Crippen molar-refractivity contribution in [2.24, 2.45) is 5.73 Å². The van der Waals surface area contributed by atoms with Crippen molar-refractivity contribution >= 4 is 23.2 Å². The molecule has 2 aromatic rings. The molecule has 0 radical (unpaired) electrons. The summed E-state index contributed by atoms with van der Waals surface area (Å²) in [4.78, 5) is 8.95. The highest BCUT2D eigenvalue weighted by Gasteiger charge is 2.08. The van der Waals surface area contributed by atoms with E-state index in [0.717, 1.165) is 23.4 Å². The van der Waals surface area contributed by atoms with Crippen LogP contribution in [0.2, 0.25) is 10.0 Å². The molecule has 1 heterocycles. The lowest BCUT2D eigenvalue weighted by molar-refractivity contribution is 0.719. The van der Waals surface area contributed by atoms with Gasteiger partial charge in [-0.3, -0.25) is 0 Å². The van der Waals surface area contributed by atoms with Gasteiger partial charge in [0.2, 0.25) is 0 Å². The summed E-state index contributed by atoms with van der Waals surface area (Å²) in [5.41, 5.74) is 8.50. The zero-order chi connectivity index (χ0) is 14.0. The van der Waals surface area contributed by atoms with Crippen LogP contribution in [-0.2, 0) is 6.42 Å². The van der Waals surface area contributed by atoms with Gasteiger partial charge in [-0.2, -0.15) is 0 Å². The Kier molecular flexibility index (Phi) is 4.40. The van der Waals surface area contributed by atoms with Crippen molar-refractivity contribution in [3.63, 3.8) is 0 Å². The fourth-order valence-corrected chi connectivity index (χ4v) is 2.13. The zero-order valence-corrected chi connectivity index (χ0v) is 12.3. The molecule has 0 aliphatic carbocycles. The SMILES string of the molecule is Cc1cc(CC(C)N)nc(-c2ccc(Cl)c(Cl)c2)n1. The molecule has 2 rings (SSSR count). The molecule has 1 aromatic carbocycles. The molecule has 0 spiro atoms. The number of benzene rings is 1. The Labute approximate surface area is 122 Å². The zero-order valence-electron chi connectivity index (χ0n) is 10.8. The maximum atomic E-state index is 6.02. The van der Waals surface area contributed by atoms with Crippen LogP contribution in [0.4, 0.5) is 0 Å². The third-order valence-electron chi connectivity index (χ3n) is 2.62. The minimum absolute atomic E-state index is 0.0657. The largest absolute Gasteiger partial charge is 0.328 e. The molecule has 1 atom stereocenters. The highest BCUT2D eigenvalue weighted by atomic mass is 35.5. The van der Waals surface area contributed by atoms with Crippen molar-refractivity contribution in [2.75, 3.05) is 0 Å². The molecule has 2 N–H and O–H groups in total. The third-order valence-corrected chi connectivity index (χ3v) is 3.36. The predicted octanol–water partition coefficient (Wildman–Crippen LogP) is 3.65. The van der Waals surface area contributed by atoms with Gasteiger partial charge in [-0.05, 0) is 38.1 Å². The smallest absolute Gasteiger partial charge is 0.159 e. The molecule has 1 unspecified atom stereocenters. The van der Waals surface area contributed by atoms with Gasteiger partial charge in [0, 0.05) is 29.4 Å². The Balaban J connectivity index is 2.43. The molecule has 0 fully saturated rings. The van der Waals surface area contributed by atoms with E-state index in [9.17, 15) is 0 Å². The minimum Gasteiger partial charge on any atom is -0.328 e. The van der Waals surface area contributed by atoms with E-state index in [2.05, 4.69) is 9.97 Å². The molecule has 0 aliphatic rings. The van der Waals surface area contributed by atoms with Crippen LogP contribution < -0.4 is 5.73 Å². The van der Waals surface area contributed by atoms with E-state index in [-0.39, 0.29) is 6.04 Å². The number of nitrogens with two attached hydrogens (primary N) is 1. The molecule has 0 amide bonds. The molecular formula is C14H15Cl2N3. The highest BCUT2D eigenvalue weighted by molar-refractivity contribution is 6.42. The number of aryl methyl sites for hydroxylation is 1. The Morgan fingerprint density at radius 2 is 1.89 bits per heavy atom. The van der Waals surface area contributed by atoms with E-state index >= 15 is 0 Å². The lowest BCUT2D eigenvalue weighted by atomic mass is 10.1. The van der Waals surface area contributed by atoms with Gasteiger partial charge in [0.25, 0.3) is 0 Å². The van der Waals surface area contributed by atoms with Gasteiger partial charge in [-0.25, -0.2) is 9.97 Å². The normalized spacial score (nSPS) is 12.5. The second kappa shape index (κ2) is 5.87. The Hall–Kier alpha value is -1.16. The first kappa shape index (κ1) is 14.3. The topological polar surface area (TPSA) is 51.8 Å². The molecule has 1 aromatic heterocycles. The highest BCUT2D eigenvalue weighted by Crippen LogP contribution is 2.27. The van der Waals surface area contributed by atoms with Crippen LogP contribution >= 0.6 is 23.2 Å². The first-order chi connectivity index (χ1) is 8.95. The predicted molar refractivity (Wildman–Crippen MR) is 79.6 cm³/mol. The molecule has 0 saturated carbocycles. The average Bonchev–Trinajstić information content (AvgIpc) is 2.31. The van der Waals surface area contributed by atoms with Crippen LogP contribution in [0.3, 0.4) is 0 Å².